The average molecular weight is 360 g/mol. The SMILES string of the molecule is Cc1cc(=O)c(-c2ccc(-c3ccc(OC(F)(F)F)cc3)nc2)c(C)[nH]1. The van der Waals surface area contributed by atoms with Crippen molar-refractivity contribution in [3.63, 3.8) is 0 Å². The zero-order valence-corrected chi connectivity index (χ0v) is 14.0. The first-order valence-corrected chi connectivity index (χ1v) is 7.76. The van der Waals surface area contributed by atoms with Gasteiger partial charge in [-0.25, -0.2) is 0 Å². The molecule has 3 rings (SSSR count). The van der Waals surface area contributed by atoms with Crippen molar-refractivity contribution in [3.8, 4) is 28.1 Å². The second-order valence-corrected chi connectivity index (χ2v) is 5.82. The van der Waals surface area contributed by atoms with Gasteiger partial charge in [0, 0.05) is 40.3 Å². The first-order chi connectivity index (χ1) is 12.2. The summed E-state index contributed by atoms with van der Waals surface area (Å²) in [7, 11) is 0. The highest BCUT2D eigenvalue weighted by molar-refractivity contribution is 5.68. The van der Waals surface area contributed by atoms with Crippen molar-refractivity contribution in [2.24, 2.45) is 0 Å². The molecule has 0 aliphatic rings. The van der Waals surface area contributed by atoms with Gasteiger partial charge in [0.25, 0.3) is 0 Å². The lowest BCUT2D eigenvalue weighted by Gasteiger charge is -2.10. The average Bonchev–Trinajstić information content (AvgIpc) is 2.54. The summed E-state index contributed by atoms with van der Waals surface area (Å²) in [5.41, 5.74) is 3.87. The van der Waals surface area contributed by atoms with Crippen LogP contribution in [-0.2, 0) is 0 Å². The van der Waals surface area contributed by atoms with E-state index in [-0.39, 0.29) is 11.2 Å². The minimum atomic E-state index is -4.72. The van der Waals surface area contributed by atoms with Gasteiger partial charge in [0.05, 0.1) is 5.69 Å². The number of aromatic amines is 1. The molecule has 0 aliphatic carbocycles. The van der Waals surface area contributed by atoms with E-state index in [0.717, 1.165) is 11.4 Å². The van der Waals surface area contributed by atoms with Crippen LogP contribution in [0.15, 0.2) is 53.5 Å². The van der Waals surface area contributed by atoms with Crippen LogP contribution in [0, 0.1) is 13.8 Å². The van der Waals surface area contributed by atoms with Crippen molar-refractivity contribution < 1.29 is 17.9 Å². The maximum Gasteiger partial charge on any atom is 0.573 e. The largest absolute Gasteiger partial charge is 0.573 e. The predicted octanol–water partition coefficient (Wildman–Crippen LogP) is 4.62. The molecule has 0 unspecified atom stereocenters. The van der Waals surface area contributed by atoms with Gasteiger partial charge in [0.1, 0.15) is 5.75 Å². The van der Waals surface area contributed by atoms with Crippen molar-refractivity contribution in [1.82, 2.24) is 9.97 Å². The van der Waals surface area contributed by atoms with E-state index in [9.17, 15) is 18.0 Å². The molecular weight excluding hydrogens is 345 g/mol. The van der Waals surface area contributed by atoms with Crippen LogP contribution in [0.25, 0.3) is 22.4 Å². The molecule has 26 heavy (non-hydrogen) atoms. The van der Waals surface area contributed by atoms with E-state index in [1.165, 1.54) is 30.3 Å². The maximum atomic E-state index is 12.2. The Morgan fingerprint density at radius 2 is 1.65 bits per heavy atom. The minimum Gasteiger partial charge on any atom is -0.406 e. The molecule has 0 radical (unpaired) electrons. The Kier molecular flexibility index (Phi) is 4.54. The van der Waals surface area contributed by atoms with Crippen LogP contribution in [0.3, 0.4) is 0 Å². The van der Waals surface area contributed by atoms with Gasteiger partial charge in [-0.1, -0.05) is 6.07 Å². The van der Waals surface area contributed by atoms with Gasteiger partial charge in [0.15, 0.2) is 5.43 Å². The van der Waals surface area contributed by atoms with Crippen LogP contribution in [0.4, 0.5) is 13.2 Å². The highest BCUT2D eigenvalue weighted by Crippen LogP contribution is 2.27. The summed E-state index contributed by atoms with van der Waals surface area (Å²) in [5, 5.41) is 0. The quantitative estimate of drug-likeness (QED) is 0.742. The van der Waals surface area contributed by atoms with Crippen LogP contribution in [0.2, 0.25) is 0 Å². The molecule has 0 amide bonds. The summed E-state index contributed by atoms with van der Waals surface area (Å²) < 4.78 is 40.4. The van der Waals surface area contributed by atoms with Crippen molar-refractivity contribution >= 4 is 0 Å². The molecule has 0 atom stereocenters. The fraction of sp³-hybridized carbons (Fsp3) is 0.158. The number of nitrogens with one attached hydrogen (secondary N) is 1. The van der Waals surface area contributed by atoms with E-state index in [1.54, 1.807) is 18.3 Å². The van der Waals surface area contributed by atoms with E-state index in [2.05, 4.69) is 14.7 Å². The van der Waals surface area contributed by atoms with Crippen LogP contribution in [0.1, 0.15) is 11.4 Å². The minimum absolute atomic E-state index is 0.0954. The topological polar surface area (TPSA) is 55.0 Å². The molecule has 7 heteroatoms. The number of pyridine rings is 2. The van der Waals surface area contributed by atoms with Crippen LogP contribution < -0.4 is 10.2 Å². The number of H-pyrrole nitrogens is 1. The van der Waals surface area contributed by atoms with E-state index in [1.807, 2.05) is 13.8 Å². The second-order valence-electron chi connectivity index (χ2n) is 5.82. The summed E-state index contributed by atoms with van der Waals surface area (Å²) in [6.07, 6.45) is -3.15. The third kappa shape index (κ3) is 3.93. The number of benzene rings is 1. The summed E-state index contributed by atoms with van der Waals surface area (Å²) >= 11 is 0. The van der Waals surface area contributed by atoms with E-state index >= 15 is 0 Å². The van der Waals surface area contributed by atoms with Crippen molar-refractivity contribution in [3.05, 3.63) is 70.3 Å². The number of ether oxygens (including phenoxy) is 1. The lowest BCUT2D eigenvalue weighted by atomic mass is 10.0. The van der Waals surface area contributed by atoms with Crippen LogP contribution in [-0.4, -0.2) is 16.3 Å². The Balaban J connectivity index is 1.88. The van der Waals surface area contributed by atoms with Crippen molar-refractivity contribution in [2.45, 2.75) is 20.2 Å². The first kappa shape index (κ1) is 17.7. The summed E-state index contributed by atoms with van der Waals surface area (Å²) in [6, 6.07) is 10.4. The summed E-state index contributed by atoms with van der Waals surface area (Å²) in [6.45, 7) is 3.63. The highest BCUT2D eigenvalue weighted by atomic mass is 19.4. The Morgan fingerprint density at radius 3 is 2.19 bits per heavy atom. The standard InChI is InChI=1S/C19H15F3N2O2/c1-11-9-17(25)18(12(2)24-11)14-5-8-16(23-10-14)13-3-6-15(7-4-13)26-19(20,21)22/h3-10H,1-2H3,(H,24,25). The van der Waals surface area contributed by atoms with E-state index in [0.29, 0.717) is 22.4 Å². The molecule has 1 aromatic carbocycles. The number of alkyl halides is 3. The normalized spacial score (nSPS) is 11.4. The maximum absolute atomic E-state index is 12.2. The lowest BCUT2D eigenvalue weighted by Crippen LogP contribution is -2.16. The molecule has 1 N–H and O–H groups in total. The fourth-order valence-electron chi connectivity index (χ4n) is 2.75. The Bertz CT molecular complexity index is 976. The first-order valence-electron chi connectivity index (χ1n) is 7.76. The molecule has 2 aromatic heterocycles. The summed E-state index contributed by atoms with van der Waals surface area (Å²) in [5.74, 6) is -0.292. The van der Waals surface area contributed by atoms with Gasteiger partial charge in [-0.15, -0.1) is 13.2 Å². The number of hydrogen-bond acceptors (Lipinski definition) is 3. The van der Waals surface area contributed by atoms with Gasteiger partial charge < -0.3 is 9.72 Å². The smallest absolute Gasteiger partial charge is 0.406 e. The predicted molar refractivity (Wildman–Crippen MR) is 91.9 cm³/mol. The van der Waals surface area contributed by atoms with Crippen LogP contribution in [0.5, 0.6) is 5.75 Å². The number of rotatable bonds is 3. The lowest BCUT2D eigenvalue weighted by molar-refractivity contribution is -0.274. The molecule has 0 saturated carbocycles. The zero-order chi connectivity index (χ0) is 18.9. The van der Waals surface area contributed by atoms with Gasteiger partial charge in [-0.2, -0.15) is 0 Å². The molecule has 0 spiro atoms. The Hall–Kier alpha value is -3.09. The molecule has 3 aromatic rings. The number of aromatic nitrogens is 2. The fourth-order valence-corrected chi connectivity index (χ4v) is 2.75. The molecule has 2 heterocycles. The third-order valence-corrected chi connectivity index (χ3v) is 3.79. The number of halogens is 3. The second kappa shape index (κ2) is 6.67. The molecule has 0 fully saturated rings. The zero-order valence-electron chi connectivity index (χ0n) is 14.0. The molecular formula is C19H15F3N2O2. The number of hydrogen-bond donors (Lipinski definition) is 1. The monoisotopic (exact) mass is 360 g/mol. The Morgan fingerprint density at radius 1 is 1.00 bits per heavy atom. The molecule has 0 bridgehead atoms. The number of aryl methyl sites for hydroxylation is 2. The third-order valence-electron chi connectivity index (χ3n) is 3.79. The van der Waals surface area contributed by atoms with E-state index < -0.39 is 6.36 Å². The highest BCUT2D eigenvalue weighted by Gasteiger charge is 2.30. The number of nitrogens with zero attached hydrogens (tertiary/aromatic N) is 1. The molecule has 0 saturated heterocycles. The molecule has 134 valence electrons. The van der Waals surface area contributed by atoms with Crippen molar-refractivity contribution in [2.75, 3.05) is 0 Å². The van der Waals surface area contributed by atoms with Gasteiger partial charge in [-0.05, 0) is 44.2 Å². The van der Waals surface area contributed by atoms with Gasteiger partial charge in [0.2, 0.25) is 0 Å². The van der Waals surface area contributed by atoms with Gasteiger partial charge in [-0.3, -0.25) is 9.78 Å². The molecule has 0 aliphatic heterocycles. The van der Waals surface area contributed by atoms with E-state index in [4.69, 9.17) is 0 Å². The van der Waals surface area contributed by atoms with Crippen LogP contribution >= 0.6 is 0 Å². The van der Waals surface area contributed by atoms with Gasteiger partial charge >= 0.3 is 6.36 Å². The van der Waals surface area contributed by atoms with Crippen molar-refractivity contribution in [1.29, 1.82) is 0 Å². The molecule has 4 nitrogen and oxygen atoms in total. The Labute approximate surface area is 147 Å². The summed E-state index contributed by atoms with van der Waals surface area (Å²) in [4.78, 5) is 19.6.